The van der Waals surface area contributed by atoms with Gasteiger partial charge in [0.2, 0.25) is 0 Å². The molecule has 1 aliphatic rings. The molecule has 0 unspecified atom stereocenters. The third-order valence-electron chi connectivity index (χ3n) is 3.02. The molecular weight excluding hydrogens is 300 g/mol. The fraction of sp³-hybridized carbons (Fsp3) is 0.125. The number of nitrogens with one attached hydrogen (secondary N) is 1. The SMILES string of the molecule is COc1ccc(C)cc1N=C1NC(=O)/C(=C/c2ccco2)S1. The minimum absolute atomic E-state index is 0.188. The third-order valence-corrected chi connectivity index (χ3v) is 3.93. The third kappa shape index (κ3) is 3.07. The molecule has 22 heavy (non-hydrogen) atoms. The van der Waals surface area contributed by atoms with Crippen molar-refractivity contribution >= 4 is 34.6 Å². The van der Waals surface area contributed by atoms with Gasteiger partial charge in [-0.15, -0.1) is 0 Å². The summed E-state index contributed by atoms with van der Waals surface area (Å²) in [5.74, 6) is 1.11. The molecule has 0 bridgehead atoms. The predicted octanol–water partition coefficient (Wildman–Crippen LogP) is 3.49. The molecular formula is C16H14N2O3S. The zero-order valence-corrected chi connectivity index (χ0v) is 12.9. The van der Waals surface area contributed by atoms with Crippen LogP contribution in [0, 0.1) is 6.92 Å². The van der Waals surface area contributed by atoms with E-state index in [1.165, 1.54) is 11.8 Å². The van der Waals surface area contributed by atoms with E-state index < -0.39 is 0 Å². The number of carbonyl (C=O) groups is 1. The number of methoxy groups -OCH3 is 1. The van der Waals surface area contributed by atoms with Crippen molar-refractivity contribution in [2.24, 2.45) is 4.99 Å². The Morgan fingerprint density at radius 2 is 2.23 bits per heavy atom. The summed E-state index contributed by atoms with van der Waals surface area (Å²) in [4.78, 5) is 17.0. The molecule has 3 rings (SSSR count). The minimum atomic E-state index is -0.188. The molecule has 0 radical (unpaired) electrons. The molecule has 112 valence electrons. The Balaban J connectivity index is 1.88. The van der Waals surface area contributed by atoms with Crippen LogP contribution in [-0.2, 0) is 4.79 Å². The number of aryl methyl sites for hydroxylation is 1. The maximum Gasteiger partial charge on any atom is 0.264 e. The zero-order chi connectivity index (χ0) is 15.5. The number of amidine groups is 1. The highest BCUT2D eigenvalue weighted by atomic mass is 32.2. The molecule has 1 aromatic heterocycles. The van der Waals surface area contributed by atoms with Crippen LogP contribution < -0.4 is 10.1 Å². The molecule has 1 amide bonds. The largest absolute Gasteiger partial charge is 0.494 e. The van der Waals surface area contributed by atoms with Crippen molar-refractivity contribution in [1.82, 2.24) is 5.32 Å². The monoisotopic (exact) mass is 314 g/mol. The molecule has 1 saturated heterocycles. The Labute approximate surface area is 132 Å². The average Bonchev–Trinajstić information content (AvgIpc) is 3.10. The van der Waals surface area contributed by atoms with Crippen LogP contribution in [0.1, 0.15) is 11.3 Å². The molecule has 0 atom stereocenters. The molecule has 0 spiro atoms. The van der Waals surface area contributed by atoms with Gasteiger partial charge in [-0.25, -0.2) is 4.99 Å². The number of ether oxygens (including phenoxy) is 1. The molecule has 1 aliphatic heterocycles. The van der Waals surface area contributed by atoms with E-state index in [2.05, 4.69) is 10.3 Å². The van der Waals surface area contributed by atoms with Crippen LogP contribution in [0.25, 0.3) is 6.08 Å². The molecule has 0 saturated carbocycles. The van der Waals surface area contributed by atoms with E-state index in [4.69, 9.17) is 9.15 Å². The number of hydrogen-bond acceptors (Lipinski definition) is 5. The summed E-state index contributed by atoms with van der Waals surface area (Å²) in [5, 5.41) is 3.26. The Morgan fingerprint density at radius 1 is 1.36 bits per heavy atom. The number of benzene rings is 1. The lowest BCUT2D eigenvalue weighted by Crippen LogP contribution is -2.19. The van der Waals surface area contributed by atoms with E-state index in [0.29, 0.717) is 27.3 Å². The molecule has 6 heteroatoms. The zero-order valence-electron chi connectivity index (χ0n) is 12.1. The van der Waals surface area contributed by atoms with Gasteiger partial charge in [0.1, 0.15) is 17.2 Å². The Bertz CT molecular complexity index is 764. The number of amides is 1. The van der Waals surface area contributed by atoms with Crippen LogP contribution in [0.5, 0.6) is 5.75 Å². The highest BCUT2D eigenvalue weighted by Gasteiger charge is 2.24. The van der Waals surface area contributed by atoms with Gasteiger partial charge in [-0.1, -0.05) is 6.07 Å². The van der Waals surface area contributed by atoms with Gasteiger partial charge in [0.05, 0.1) is 18.3 Å². The standard InChI is InChI=1S/C16H14N2O3S/c1-10-5-6-13(20-2)12(8-10)17-16-18-15(19)14(22-16)9-11-4-3-7-21-11/h3-9H,1-2H3,(H,17,18,19)/b14-9-. The molecule has 1 aromatic carbocycles. The number of thioether (sulfide) groups is 1. The van der Waals surface area contributed by atoms with Crippen molar-refractivity contribution in [3.05, 3.63) is 52.8 Å². The van der Waals surface area contributed by atoms with E-state index in [1.54, 1.807) is 31.6 Å². The summed E-state index contributed by atoms with van der Waals surface area (Å²) in [6.07, 6.45) is 3.26. The fourth-order valence-corrected chi connectivity index (χ4v) is 2.79. The van der Waals surface area contributed by atoms with E-state index in [-0.39, 0.29) is 5.91 Å². The van der Waals surface area contributed by atoms with Crippen LogP contribution in [0.15, 0.2) is 50.9 Å². The van der Waals surface area contributed by atoms with Crippen molar-refractivity contribution in [3.8, 4) is 5.75 Å². The van der Waals surface area contributed by atoms with Gasteiger partial charge in [0.15, 0.2) is 5.17 Å². The Morgan fingerprint density at radius 3 is 2.95 bits per heavy atom. The number of hydrogen-bond donors (Lipinski definition) is 1. The van der Waals surface area contributed by atoms with Gasteiger partial charge in [-0.3, -0.25) is 4.79 Å². The molecule has 0 aliphatic carbocycles. The molecule has 1 N–H and O–H groups in total. The normalized spacial score (nSPS) is 18.0. The van der Waals surface area contributed by atoms with E-state index in [1.807, 2.05) is 25.1 Å². The van der Waals surface area contributed by atoms with Crippen molar-refractivity contribution in [2.75, 3.05) is 7.11 Å². The van der Waals surface area contributed by atoms with Crippen LogP contribution >= 0.6 is 11.8 Å². The summed E-state index contributed by atoms with van der Waals surface area (Å²) in [7, 11) is 1.59. The van der Waals surface area contributed by atoms with Gasteiger partial charge in [0.25, 0.3) is 5.91 Å². The topological polar surface area (TPSA) is 63.8 Å². The lowest BCUT2D eigenvalue weighted by atomic mass is 10.2. The number of furan rings is 1. The Kier molecular flexibility index (Phi) is 4.02. The first-order valence-corrected chi connectivity index (χ1v) is 7.45. The summed E-state index contributed by atoms with van der Waals surface area (Å²) in [5.41, 5.74) is 1.75. The van der Waals surface area contributed by atoms with Crippen LogP contribution in [-0.4, -0.2) is 18.2 Å². The second-order valence-corrected chi connectivity index (χ2v) is 5.70. The number of nitrogens with zero attached hydrogens (tertiary/aromatic N) is 1. The van der Waals surface area contributed by atoms with Crippen molar-refractivity contribution < 1.29 is 13.9 Å². The first-order chi connectivity index (χ1) is 10.7. The van der Waals surface area contributed by atoms with Crippen LogP contribution in [0.4, 0.5) is 5.69 Å². The summed E-state index contributed by atoms with van der Waals surface area (Å²) in [6, 6.07) is 9.28. The van der Waals surface area contributed by atoms with E-state index in [0.717, 1.165) is 5.56 Å². The van der Waals surface area contributed by atoms with Gasteiger partial charge in [-0.2, -0.15) is 0 Å². The Hall–Kier alpha value is -2.47. The summed E-state index contributed by atoms with van der Waals surface area (Å²) < 4.78 is 10.5. The second kappa shape index (κ2) is 6.11. The first kappa shape index (κ1) is 14.5. The number of aliphatic imine (C=N–C) groups is 1. The van der Waals surface area contributed by atoms with Gasteiger partial charge in [-0.05, 0) is 48.5 Å². The summed E-state index contributed by atoms with van der Waals surface area (Å²) in [6.45, 7) is 1.98. The van der Waals surface area contributed by atoms with E-state index >= 15 is 0 Å². The predicted molar refractivity (Wildman–Crippen MR) is 87.2 cm³/mol. The lowest BCUT2D eigenvalue weighted by Gasteiger charge is -2.05. The van der Waals surface area contributed by atoms with Crippen LogP contribution in [0.3, 0.4) is 0 Å². The van der Waals surface area contributed by atoms with Crippen molar-refractivity contribution in [1.29, 1.82) is 0 Å². The first-order valence-electron chi connectivity index (χ1n) is 6.63. The smallest absolute Gasteiger partial charge is 0.264 e. The number of carbonyl (C=O) groups excluding carboxylic acids is 1. The molecule has 2 aromatic rings. The highest BCUT2D eigenvalue weighted by Crippen LogP contribution is 2.32. The average molecular weight is 314 g/mol. The minimum Gasteiger partial charge on any atom is -0.494 e. The maximum atomic E-state index is 12.0. The van der Waals surface area contributed by atoms with Gasteiger partial charge >= 0.3 is 0 Å². The number of rotatable bonds is 3. The summed E-state index contributed by atoms with van der Waals surface area (Å²) >= 11 is 1.27. The molecule has 2 heterocycles. The van der Waals surface area contributed by atoms with Gasteiger partial charge < -0.3 is 14.5 Å². The second-order valence-electron chi connectivity index (χ2n) is 4.67. The van der Waals surface area contributed by atoms with Gasteiger partial charge in [0, 0.05) is 6.08 Å². The molecule has 5 nitrogen and oxygen atoms in total. The fourth-order valence-electron chi connectivity index (χ4n) is 1.98. The lowest BCUT2D eigenvalue weighted by molar-refractivity contribution is -0.115. The quantitative estimate of drug-likeness (QED) is 0.881. The van der Waals surface area contributed by atoms with Crippen LogP contribution in [0.2, 0.25) is 0 Å². The van der Waals surface area contributed by atoms with E-state index in [9.17, 15) is 4.79 Å². The maximum absolute atomic E-state index is 12.0. The van der Waals surface area contributed by atoms with Crippen molar-refractivity contribution in [2.45, 2.75) is 6.92 Å². The highest BCUT2D eigenvalue weighted by molar-refractivity contribution is 8.18. The van der Waals surface area contributed by atoms with Crippen molar-refractivity contribution in [3.63, 3.8) is 0 Å². The molecule has 1 fully saturated rings.